The maximum atomic E-state index is 12.7. The van der Waals surface area contributed by atoms with E-state index in [0.29, 0.717) is 12.8 Å². The quantitative estimate of drug-likeness (QED) is 0.723. The number of aliphatic carboxylic acids is 1. The number of carboxylic acid groups (broad SMARTS) is 1. The van der Waals surface area contributed by atoms with Gasteiger partial charge in [-0.2, -0.15) is 0 Å². The summed E-state index contributed by atoms with van der Waals surface area (Å²) in [4.78, 5) is 12.6. The van der Waals surface area contributed by atoms with Crippen LogP contribution < -0.4 is 0 Å². The zero-order chi connectivity index (χ0) is 9.90. The summed E-state index contributed by atoms with van der Waals surface area (Å²) < 4.78 is 12.7. The van der Waals surface area contributed by atoms with E-state index in [1.807, 2.05) is 7.05 Å². The van der Waals surface area contributed by atoms with E-state index < -0.39 is 18.1 Å². The molecule has 0 aromatic rings. The number of piperidine rings is 1. The number of nitrogens with zero attached hydrogens (tertiary/aromatic N) is 1. The van der Waals surface area contributed by atoms with E-state index in [1.54, 1.807) is 0 Å². The van der Waals surface area contributed by atoms with Crippen LogP contribution >= 0.6 is 0 Å². The summed E-state index contributed by atoms with van der Waals surface area (Å²) in [5, 5.41) is 8.65. The molecule has 13 heavy (non-hydrogen) atoms. The van der Waals surface area contributed by atoms with Gasteiger partial charge in [-0.25, -0.2) is 0 Å². The van der Waals surface area contributed by atoms with Crippen molar-refractivity contribution in [2.45, 2.75) is 19.3 Å². The van der Waals surface area contributed by atoms with Crippen LogP contribution in [0.3, 0.4) is 0 Å². The lowest BCUT2D eigenvalue weighted by atomic mass is 9.77. The van der Waals surface area contributed by atoms with Gasteiger partial charge in [0.1, 0.15) is 0 Å². The average molecular weight is 189 g/mol. The zero-order valence-corrected chi connectivity index (χ0v) is 7.92. The average Bonchev–Trinajstić information content (AvgIpc) is 2.09. The third-order valence-corrected chi connectivity index (χ3v) is 2.86. The van der Waals surface area contributed by atoms with Gasteiger partial charge in [-0.1, -0.05) is 0 Å². The van der Waals surface area contributed by atoms with Crippen molar-refractivity contribution in [1.82, 2.24) is 4.90 Å². The Kier molecular flexibility index (Phi) is 3.25. The number of rotatable bonds is 3. The highest BCUT2D eigenvalue weighted by molar-refractivity contribution is 5.67. The van der Waals surface area contributed by atoms with E-state index in [4.69, 9.17) is 5.11 Å². The van der Waals surface area contributed by atoms with Crippen molar-refractivity contribution in [3.05, 3.63) is 0 Å². The summed E-state index contributed by atoms with van der Waals surface area (Å²) in [7, 11) is 1.98. The van der Waals surface area contributed by atoms with E-state index in [1.165, 1.54) is 0 Å². The third kappa shape index (κ3) is 2.66. The highest BCUT2D eigenvalue weighted by Gasteiger charge is 2.35. The summed E-state index contributed by atoms with van der Waals surface area (Å²) in [6.45, 7) is 1.10. The summed E-state index contributed by atoms with van der Waals surface area (Å²) in [6.07, 6.45) is 1.29. The molecule has 1 aliphatic rings. The molecule has 0 bridgehead atoms. The minimum atomic E-state index is -0.887. The van der Waals surface area contributed by atoms with Gasteiger partial charge >= 0.3 is 5.97 Å². The second-order valence-corrected chi connectivity index (χ2v) is 4.01. The van der Waals surface area contributed by atoms with E-state index in [-0.39, 0.29) is 6.42 Å². The maximum Gasteiger partial charge on any atom is 0.304 e. The lowest BCUT2D eigenvalue weighted by Gasteiger charge is -2.37. The fraction of sp³-hybridized carbons (Fsp3) is 0.889. The standard InChI is InChI=1S/C9H16FNO2/c1-11-4-2-9(7-10,3-5-11)6-8(12)13/h2-7H2,1H3,(H,12,13). The Hall–Kier alpha value is -0.640. The van der Waals surface area contributed by atoms with Crippen LogP contribution in [0.1, 0.15) is 19.3 Å². The number of halogens is 1. The molecule has 4 heteroatoms. The first-order valence-electron chi connectivity index (χ1n) is 4.54. The molecule has 0 unspecified atom stereocenters. The molecule has 1 fully saturated rings. The van der Waals surface area contributed by atoms with Crippen LogP contribution in [0, 0.1) is 5.41 Å². The fourth-order valence-corrected chi connectivity index (χ4v) is 1.77. The monoisotopic (exact) mass is 189 g/mol. The number of likely N-dealkylation sites (tertiary alicyclic amines) is 1. The predicted octanol–water partition coefficient (Wildman–Crippen LogP) is 1.14. The number of carboxylic acids is 1. The van der Waals surface area contributed by atoms with Crippen LogP contribution in [0.15, 0.2) is 0 Å². The van der Waals surface area contributed by atoms with Gasteiger partial charge in [0.25, 0.3) is 0 Å². The minimum Gasteiger partial charge on any atom is -0.481 e. The molecule has 0 amide bonds. The van der Waals surface area contributed by atoms with Gasteiger partial charge in [-0.3, -0.25) is 9.18 Å². The Morgan fingerprint density at radius 3 is 2.46 bits per heavy atom. The molecule has 0 spiro atoms. The Balaban J connectivity index is 2.55. The molecule has 0 aromatic carbocycles. The van der Waals surface area contributed by atoms with Gasteiger partial charge in [0.2, 0.25) is 0 Å². The van der Waals surface area contributed by atoms with Crippen LogP contribution in [0.2, 0.25) is 0 Å². The highest BCUT2D eigenvalue weighted by atomic mass is 19.1. The number of hydrogen-bond donors (Lipinski definition) is 1. The summed E-state index contributed by atoms with van der Waals surface area (Å²) >= 11 is 0. The molecule has 1 rings (SSSR count). The van der Waals surface area contributed by atoms with E-state index in [0.717, 1.165) is 13.1 Å². The Morgan fingerprint density at radius 2 is 2.08 bits per heavy atom. The van der Waals surface area contributed by atoms with Crippen molar-refractivity contribution < 1.29 is 14.3 Å². The van der Waals surface area contributed by atoms with Crippen molar-refractivity contribution in [2.24, 2.45) is 5.41 Å². The van der Waals surface area contributed by atoms with Crippen LogP contribution in [0.25, 0.3) is 0 Å². The Bertz CT molecular complexity index is 188. The molecule has 0 aliphatic carbocycles. The third-order valence-electron chi connectivity index (χ3n) is 2.86. The molecule has 0 saturated carbocycles. The van der Waals surface area contributed by atoms with Crippen LogP contribution in [-0.4, -0.2) is 42.8 Å². The zero-order valence-electron chi connectivity index (χ0n) is 7.92. The van der Waals surface area contributed by atoms with Crippen LogP contribution in [-0.2, 0) is 4.79 Å². The van der Waals surface area contributed by atoms with E-state index >= 15 is 0 Å². The second-order valence-electron chi connectivity index (χ2n) is 4.01. The molecule has 1 aliphatic heterocycles. The molecular formula is C9H16FNO2. The van der Waals surface area contributed by atoms with Gasteiger partial charge in [0.15, 0.2) is 0 Å². The predicted molar refractivity (Wildman–Crippen MR) is 47.4 cm³/mol. The molecule has 76 valence electrons. The van der Waals surface area contributed by atoms with E-state index in [9.17, 15) is 9.18 Å². The topological polar surface area (TPSA) is 40.5 Å². The van der Waals surface area contributed by atoms with Gasteiger partial charge < -0.3 is 10.0 Å². The fourth-order valence-electron chi connectivity index (χ4n) is 1.77. The van der Waals surface area contributed by atoms with Crippen molar-refractivity contribution in [3.8, 4) is 0 Å². The van der Waals surface area contributed by atoms with Crippen LogP contribution in [0.5, 0.6) is 0 Å². The first-order valence-corrected chi connectivity index (χ1v) is 4.54. The summed E-state index contributed by atoms with van der Waals surface area (Å²) in [5.41, 5.74) is -0.585. The molecule has 1 saturated heterocycles. The van der Waals surface area contributed by atoms with E-state index in [2.05, 4.69) is 4.90 Å². The lowest BCUT2D eigenvalue weighted by molar-refractivity contribution is -0.141. The normalized spacial score (nSPS) is 22.9. The number of alkyl halides is 1. The van der Waals surface area contributed by atoms with Gasteiger partial charge in [0.05, 0.1) is 13.1 Å². The van der Waals surface area contributed by atoms with Crippen molar-refractivity contribution in [3.63, 3.8) is 0 Å². The van der Waals surface area contributed by atoms with Gasteiger partial charge in [0, 0.05) is 5.41 Å². The molecule has 0 radical (unpaired) electrons. The SMILES string of the molecule is CN1CCC(CF)(CC(=O)O)CC1. The number of hydrogen-bond acceptors (Lipinski definition) is 2. The molecular weight excluding hydrogens is 173 g/mol. The van der Waals surface area contributed by atoms with Crippen molar-refractivity contribution >= 4 is 5.97 Å². The summed E-state index contributed by atoms with van der Waals surface area (Å²) in [6, 6.07) is 0. The van der Waals surface area contributed by atoms with Gasteiger partial charge in [-0.15, -0.1) is 0 Å². The second kappa shape index (κ2) is 4.05. The molecule has 3 nitrogen and oxygen atoms in total. The summed E-state index contributed by atoms with van der Waals surface area (Å²) in [5.74, 6) is -0.887. The van der Waals surface area contributed by atoms with Crippen molar-refractivity contribution in [2.75, 3.05) is 26.8 Å². The largest absolute Gasteiger partial charge is 0.481 e. The minimum absolute atomic E-state index is 0.0304. The maximum absolute atomic E-state index is 12.7. The molecule has 0 aromatic heterocycles. The van der Waals surface area contributed by atoms with Crippen molar-refractivity contribution in [1.29, 1.82) is 0 Å². The number of carbonyl (C=O) groups is 1. The van der Waals surface area contributed by atoms with Gasteiger partial charge in [-0.05, 0) is 33.0 Å². The Labute approximate surface area is 77.5 Å². The molecule has 0 atom stereocenters. The first kappa shape index (κ1) is 10.4. The smallest absolute Gasteiger partial charge is 0.304 e. The first-order chi connectivity index (χ1) is 6.08. The highest BCUT2D eigenvalue weighted by Crippen LogP contribution is 2.34. The molecule has 1 heterocycles. The lowest BCUT2D eigenvalue weighted by Crippen LogP contribution is -2.40. The molecule has 1 N–H and O–H groups in total. The Morgan fingerprint density at radius 1 is 1.54 bits per heavy atom. The van der Waals surface area contributed by atoms with Crippen LogP contribution in [0.4, 0.5) is 4.39 Å².